The van der Waals surface area contributed by atoms with E-state index in [1.54, 1.807) is 29.9 Å². The summed E-state index contributed by atoms with van der Waals surface area (Å²) in [5, 5.41) is 4.42. The smallest absolute Gasteiger partial charge is 0.278 e. The normalized spacial score (nSPS) is 14.9. The number of nitrogens with one attached hydrogen (secondary N) is 2. The number of benzene rings is 1. The Hall–Kier alpha value is -2.38. The van der Waals surface area contributed by atoms with E-state index in [9.17, 15) is 4.79 Å². The standard InChI is InChI=1S/C16H21N5O2/c1-20(10-12-8-17-18-9-12)16(22)15-14(23-2)11-21(19-15)13-6-4-3-5-7-13/h3-7,11-12,17-18H,8-10H2,1-2H3. The summed E-state index contributed by atoms with van der Waals surface area (Å²) in [5.41, 5.74) is 7.36. The van der Waals surface area contributed by atoms with Gasteiger partial charge in [-0.3, -0.25) is 15.6 Å². The van der Waals surface area contributed by atoms with Gasteiger partial charge >= 0.3 is 0 Å². The van der Waals surface area contributed by atoms with E-state index < -0.39 is 0 Å². The Morgan fingerprint density at radius 3 is 2.70 bits per heavy atom. The lowest BCUT2D eigenvalue weighted by molar-refractivity contribution is 0.0768. The van der Waals surface area contributed by atoms with Gasteiger partial charge in [0.1, 0.15) is 0 Å². The molecule has 7 nitrogen and oxygen atoms in total. The molecule has 2 aromatic rings. The van der Waals surface area contributed by atoms with Crippen LogP contribution in [0, 0.1) is 5.92 Å². The first-order valence-corrected chi connectivity index (χ1v) is 7.59. The number of rotatable bonds is 5. The molecule has 0 aliphatic carbocycles. The summed E-state index contributed by atoms with van der Waals surface area (Å²) in [7, 11) is 3.34. The molecule has 2 heterocycles. The molecule has 0 unspecified atom stereocenters. The molecule has 0 spiro atoms. The molecule has 1 saturated heterocycles. The average Bonchev–Trinajstić information content (AvgIpc) is 3.24. The fourth-order valence-corrected chi connectivity index (χ4v) is 2.65. The number of hydrogen-bond donors (Lipinski definition) is 2. The molecule has 0 radical (unpaired) electrons. The van der Waals surface area contributed by atoms with Gasteiger partial charge in [-0.2, -0.15) is 5.10 Å². The number of nitrogens with zero attached hydrogens (tertiary/aromatic N) is 3. The highest BCUT2D eigenvalue weighted by Crippen LogP contribution is 2.21. The monoisotopic (exact) mass is 315 g/mol. The number of amides is 1. The Labute approximate surface area is 135 Å². The Kier molecular flexibility index (Phi) is 4.59. The van der Waals surface area contributed by atoms with Gasteiger partial charge in [-0.1, -0.05) is 18.2 Å². The lowest BCUT2D eigenvalue weighted by Crippen LogP contribution is -2.34. The number of hydrogen-bond acceptors (Lipinski definition) is 5. The molecule has 0 saturated carbocycles. The van der Waals surface area contributed by atoms with Crippen LogP contribution < -0.4 is 15.6 Å². The molecular formula is C16H21N5O2. The highest BCUT2D eigenvalue weighted by molar-refractivity contribution is 5.94. The second-order valence-corrected chi connectivity index (χ2v) is 5.64. The molecule has 1 aromatic carbocycles. The molecule has 23 heavy (non-hydrogen) atoms. The number of carbonyl (C=O) groups is 1. The second kappa shape index (κ2) is 6.80. The van der Waals surface area contributed by atoms with Crippen molar-refractivity contribution in [1.29, 1.82) is 0 Å². The van der Waals surface area contributed by atoms with Gasteiger partial charge in [-0.15, -0.1) is 0 Å². The molecule has 0 bridgehead atoms. The predicted molar refractivity (Wildman–Crippen MR) is 86.6 cm³/mol. The first kappa shape index (κ1) is 15.5. The molecule has 3 rings (SSSR count). The fourth-order valence-electron chi connectivity index (χ4n) is 2.65. The maximum atomic E-state index is 12.7. The lowest BCUT2D eigenvalue weighted by atomic mass is 10.1. The fraction of sp³-hybridized carbons (Fsp3) is 0.375. The van der Waals surface area contributed by atoms with Crippen LogP contribution >= 0.6 is 0 Å². The van der Waals surface area contributed by atoms with E-state index in [-0.39, 0.29) is 5.91 Å². The van der Waals surface area contributed by atoms with Gasteiger partial charge in [0, 0.05) is 32.6 Å². The minimum atomic E-state index is -0.136. The number of carbonyl (C=O) groups excluding carboxylic acids is 1. The Morgan fingerprint density at radius 1 is 1.35 bits per heavy atom. The Morgan fingerprint density at radius 2 is 2.04 bits per heavy atom. The Balaban J connectivity index is 1.80. The van der Waals surface area contributed by atoms with Crippen molar-refractivity contribution in [3.05, 3.63) is 42.2 Å². The molecule has 7 heteroatoms. The van der Waals surface area contributed by atoms with Crippen molar-refractivity contribution in [3.63, 3.8) is 0 Å². The third-order valence-corrected chi connectivity index (χ3v) is 3.91. The zero-order valence-corrected chi connectivity index (χ0v) is 13.3. The quantitative estimate of drug-likeness (QED) is 0.849. The molecule has 1 aromatic heterocycles. The minimum absolute atomic E-state index is 0.136. The van der Waals surface area contributed by atoms with E-state index in [0.717, 1.165) is 18.8 Å². The molecule has 122 valence electrons. The maximum absolute atomic E-state index is 12.7. The van der Waals surface area contributed by atoms with Crippen molar-refractivity contribution in [2.24, 2.45) is 5.92 Å². The van der Waals surface area contributed by atoms with E-state index in [0.29, 0.717) is 23.9 Å². The zero-order valence-electron chi connectivity index (χ0n) is 13.3. The first-order valence-electron chi connectivity index (χ1n) is 7.59. The second-order valence-electron chi connectivity index (χ2n) is 5.64. The van der Waals surface area contributed by atoms with E-state index in [4.69, 9.17) is 4.74 Å². The van der Waals surface area contributed by atoms with Crippen molar-refractivity contribution in [1.82, 2.24) is 25.5 Å². The zero-order chi connectivity index (χ0) is 16.2. The van der Waals surface area contributed by atoms with Crippen molar-refractivity contribution in [2.45, 2.75) is 0 Å². The van der Waals surface area contributed by atoms with Crippen LogP contribution in [0.5, 0.6) is 5.75 Å². The predicted octanol–water partition coefficient (Wildman–Crippen LogP) is 0.677. The third-order valence-electron chi connectivity index (χ3n) is 3.91. The lowest BCUT2D eigenvalue weighted by Gasteiger charge is -2.19. The Bertz CT molecular complexity index is 664. The minimum Gasteiger partial charge on any atom is -0.493 e. The summed E-state index contributed by atoms with van der Waals surface area (Å²) < 4.78 is 7.00. The molecule has 1 aliphatic heterocycles. The summed E-state index contributed by atoms with van der Waals surface area (Å²) in [5.74, 6) is 0.739. The third kappa shape index (κ3) is 3.35. The average molecular weight is 315 g/mol. The van der Waals surface area contributed by atoms with Crippen LogP contribution in [0.4, 0.5) is 0 Å². The van der Waals surface area contributed by atoms with Gasteiger partial charge in [0.05, 0.1) is 19.0 Å². The highest BCUT2D eigenvalue weighted by Gasteiger charge is 2.24. The van der Waals surface area contributed by atoms with Crippen LogP contribution in [0.1, 0.15) is 10.5 Å². The summed E-state index contributed by atoms with van der Waals surface area (Å²) in [6.07, 6.45) is 1.73. The van der Waals surface area contributed by atoms with Gasteiger partial charge < -0.3 is 9.64 Å². The van der Waals surface area contributed by atoms with Crippen molar-refractivity contribution in [3.8, 4) is 11.4 Å². The van der Waals surface area contributed by atoms with Gasteiger partial charge in [0.15, 0.2) is 11.4 Å². The van der Waals surface area contributed by atoms with Crippen molar-refractivity contribution < 1.29 is 9.53 Å². The van der Waals surface area contributed by atoms with Crippen LogP contribution in [0.15, 0.2) is 36.5 Å². The van der Waals surface area contributed by atoms with E-state index in [2.05, 4.69) is 16.0 Å². The first-order chi connectivity index (χ1) is 11.2. The molecule has 1 aliphatic rings. The number of hydrazine groups is 1. The summed E-state index contributed by atoms with van der Waals surface area (Å²) >= 11 is 0. The van der Waals surface area contributed by atoms with Crippen LogP contribution in [-0.2, 0) is 0 Å². The van der Waals surface area contributed by atoms with E-state index in [1.807, 2.05) is 30.3 Å². The highest BCUT2D eigenvalue weighted by atomic mass is 16.5. The molecule has 2 N–H and O–H groups in total. The van der Waals surface area contributed by atoms with E-state index >= 15 is 0 Å². The van der Waals surface area contributed by atoms with Gasteiger partial charge in [-0.05, 0) is 12.1 Å². The summed E-state index contributed by atoms with van der Waals surface area (Å²) in [6, 6.07) is 9.66. The molecule has 0 atom stereocenters. The van der Waals surface area contributed by atoms with Crippen LogP contribution in [0.3, 0.4) is 0 Å². The maximum Gasteiger partial charge on any atom is 0.278 e. The van der Waals surface area contributed by atoms with Crippen molar-refractivity contribution >= 4 is 5.91 Å². The molecule has 1 amide bonds. The van der Waals surface area contributed by atoms with Crippen LogP contribution in [0.2, 0.25) is 0 Å². The van der Waals surface area contributed by atoms with Crippen LogP contribution in [-0.4, -0.2) is 54.4 Å². The molecular weight excluding hydrogens is 294 g/mol. The number of ether oxygens (including phenoxy) is 1. The number of para-hydroxylation sites is 1. The van der Waals surface area contributed by atoms with Crippen LogP contribution in [0.25, 0.3) is 5.69 Å². The molecule has 1 fully saturated rings. The van der Waals surface area contributed by atoms with Gasteiger partial charge in [-0.25, -0.2) is 4.68 Å². The van der Waals surface area contributed by atoms with Gasteiger partial charge in [0.25, 0.3) is 5.91 Å². The summed E-state index contributed by atoms with van der Waals surface area (Å²) in [6.45, 7) is 2.38. The number of methoxy groups -OCH3 is 1. The van der Waals surface area contributed by atoms with E-state index in [1.165, 1.54) is 0 Å². The SMILES string of the molecule is COc1cn(-c2ccccc2)nc1C(=O)N(C)CC1CNNC1. The number of aromatic nitrogens is 2. The van der Waals surface area contributed by atoms with Gasteiger partial charge in [0.2, 0.25) is 0 Å². The van der Waals surface area contributed by atoms with Crippen molar-refractivity contribution in [2.75, 3.05) is 33.8 Å². The summed E-state index contributed by atoms with van der Waals surface area (Å²) in [4.78, 5) is 14.4. The topological polar surface area (TPSA) is 71.4 Å². The largest absolute Gasteiger partial charge is 0.493 e.